The van der Waals surface area contributed by atoms with Gasteiger partial charge < -0.3 is 14.5 Å². The highest BCUT2D eigenvalue weighted by atomic mass is 35.5. The van der Waals surface area contributed by atoms with Gasteiger partial charge in [0, 0.05) is 40.7 Å². The summed E-state index contributed by atoms with van der Waals surface area (Å²) < 4.78 is 19.3. The van der Waals surface area contributed by atoms with E-state index in [0.717, 1.165) is 5.69 Å². The minimum absolute atomic E-state index is 0.224. The first-order valence-corrected chi connectivity index (χ1v) is 10.4. The van der Waals surface area contributed by atoms with Crippen molar-refractivity contribution in [2.24, 2.45) is 0 Å². The zero-order valence-electron chi connectivity index (χ0n) is 14.4. The van der Waals surface area contributed by atoms with E-state index in [2.05, 4.69) is 0 Å². The number of halogens is 2. The Hall–Kier alpha value is -1.03. The summed E-state index contributed by atoms with van der Waals surface area (Å²) in [6.45, 7) is 2.17. The van der Waals surface area contributed by atoms with Gasteiger partial charge in [0.25, 0.3) is 7.37 Å². The quantitative estimate of drug-likeness (QED) is 0.657. The van der Waals surface area contributed by atoms with Crippen LogP contribution in [0.2, 0.25) is 10.0 Å². The molecule has 2 atom stereocenters. The summed E-state index contributed by atoms with van der Waals surface area (Å²) in [6.07, 6.45) is 0.669. The Labute approximate surface area is 158 Å². The average Bonchev–Trinajstić information content (AvgIpc) is 2.59. The maximum Gasteiger partial charge on any atom is 0.264 e. The van der Waals surface area contributed by atoms with E-state index in [-0.39, 0.29) is 22.2 Å². The standard InChI is InChI=1S/C18H22Cl2NO3P/c1-4-12-24-25(23,14-10-8-13(9-11-14)21(2)3)18(22)17-15(19)6-5-7-16(17)20/h5-11,18,22H,4,12H2,1-3H3/t18-,25+/m1/s1. The lowest BCUT2D eigenvalue weighted by Crippen LogP contribution is -2.16. The topological polar surface area (TPSA) is 49.8 Å². The third-order valence-electron chi connectivity index (χ3n) is 3.79. The van der Waals surface area contributed by atoms with Crippen molar-refractivity contribution >= 4 is 41.6 Å². The molecule has 0 bridgehead atoms. The predicted molar refractivity (Wildman–Crippen MR) is 106 cm³/mol. The van der Waals surface area contributed by atoms with E-state index in [1.807, 2.05) is 38.1 Å². The van der Waals surface area contributed by atoms with Gasteiger partial charge in [-0.15, -0.1) is 0 Å². The summed E-state index contributed by atoms with van der Waals surface area (Å²) in [5.74, 6) is -1.44. The van der Waals surface area contributed by atoms with Gasteiger partial charge in [0.15, 0.2) is 5.85 Å². The molecule has 0 aliphatic rings. The maximum absolute atomic E-state index is 13.7. The van der Waals surface area contributed by atoms with Crippen LogP contribution in [-0.2, 0) is 9.09 Å². The van der Waals surface area contributed by atoms with Crippen molar-refractivity contribution in [2.75, 3.05) is 25.6 Å². The molecule has 0 aromatic heterocycles. The van der Waals surface area contributed by atoms with Crippen molar-refractivity contribution in [3.63, 3.8) is 0 Å². The third kappa shape index (κ3) is 4.39. The summed E-state index contributed by atoms with van der Waals surface area (Å²) in [6, 6.07) is 12.0. The van der Waals surface area contributed by atoms with Crippen LogP contribution in [0.3, 0.4) is 0 Å². The molecule has 0 spiro atoms. The molecule has 0 radical (unpaired) electrons. The van der Waals surface area contributed by atoms with E-state index < -0.39 is 13.2 Å². The molecule has 0 aliphatic heterocycles. The molecule has 1 N–H and O–H groups in total. The SMILES string of the molecule is CCCO[P@@](=O)(c1ccc(N(C)C)cc1)[C@@H](O)c1c(Cl)cccc1Cl. The van der Waals surface area contributed by atoms with E-state index in [0.29, 0.717) is 11.7 Å². The molecular formula is C18H22Cl2NO3P. The lowest BCUT2D eigenvalue weighted by Gasteiger charge is -2.26. The Balaban J connectivity index is 2.51. The number of anilines is 1. The van der Waals surface area contributed by atoms with Crippen LogP contribution in [0.15, 0.2) is 42.5 Å². The molecule has 0 saturated heterocycles. The third-order valence-corrected chi connectivity index (χ3v) is 6.94. The Morgan fingerprint density at radius 2 is 1.68 bits per heavy atom. The second-order valence-electron chi connectivity index (χ2n) is 5.85. The minimum Gasteiger partial charge on any atom is -0.378 e. The second kappa shape index (κ2) is 8.57. The first-order valence-electron chi connectivity index (χ1n) is 7.95. The van der Waals surface area contributed by atoms with Crippen LogP contribution in [0.5, 0.6) is 0 Å². The van der Waals surface area contributed by atoms with Gasteiger partial charge in [0.2, 0.25) is 0 Å². The number of aliphatic hydroxyl groups excluding tert-OH is 1. The molecule has 0 amide bonds. The summed E-state index contributed by atoms with van der Waals surface area (Å²) >= 11 is 12.4. The largest absolute Gasteiger partial charge is 0.378 e. The molecule has 0 unspecified atom stereocenters. The molecule has 2 aromatic carbocycles. The first kappa shape index (κ1) is 20.3. The number of hydrogen-bond donors (Lipinski definition) is 1. The van der Waals surface area contributed by atoms with Gasteiger partial charge in [-0.1, -0.05) is 36.2 Å². The van der Waals surface area contributed by atoms with Gasteiger partial charge in [-0.05, 0) is 42.8 Å². The molecule has 0 aliphatic carbocycles. The van der Waals surface area contributed by atoms with Crippen LogP contribution in [0.4, 0.5) is 5.69 Å². The molecule has 25 heavy (non-hydrogen) atoms. The fraction of sp³-hybridized carbons (Fsp3) is 0.333. The minimum atomic E-state index is -3.64. The van der Waals surface area contributed by atoms with E-state index in [4.69, 9.17) is 27.7 Å². The smallest absolute Gasteiger partial charge is 0.264 e. The summed E-state index contributed by atoms with van der Waals surface area (Å²) in [7, 11) is 0.197. The fourth-order valence-electron chi connectivity index (χ4n) is 2.40. The van der Waals surface area contributed by atoms with Gasteiger partial charge in [0.1, 0.15) is 0 Å². The number of rotatable bonds is 7. The molecule has 7 heteroatoms. The van der Waals surface area contributed by atoms with Crippen molar-refractivity contribution in [3.8, 4) is 0 Å². The molecule has 136 valence electrons. The van der Waals surface area contributed by atoms with Gasteiger partial charge in [-0.25, -0.2) is 0 Å². The van der Waals surface area contributed by atoms with Gasteiger partial charge in [-0.2, -0.15) is 0 Å². The normalized spacial score (nSPS) is 14.8. The zero-order chi connectivity index (χ0) is 18.6. The second-order valence-corrected chi connectivity index (χ2v) is 9.12. The van der Waals surface area contributed by atoms with Gasteiger partial charge in [0.05, 0.1) is 6.61 Å². The summed E-state index contributed by atoms with van der Waals surface area (Å²) in [5, 5.41) is 11.8. The average molecular weight is 402 g/mol. The summed E-state index contributed by atoms with van der Waals surface area (Å²) in [5.41, 5.74) is 1.18. The Morgan fingerprint density at radius 3 is 2.16 bits per heavy atom. The molecule has 0 fully saturated rings. The molecule has 4 nitrogen and oxygen atoms in total. The van der Waals surface area contributed by atoms with Crippen molar-refractivity contribution in [3.05, 3.63) is 58.1 Å². The van der Waals surface area contributed by atoms with Crippen molar-refractivity contribution in [1.82, 2.24) is 0 Å². The van der Waals surface area contributed by atoms with Gasteiger partial charge >= 0.3 is 0 Å². The lowest BCUT2D eigenvalue weighted by molar-refractivity contribution is 0.214. The number of aliphatic hydroxyl groups is 1. The van der Waals surface area contributed by atoms with Crippen LogP contribution in [0.25, 0.3) is 0 Å². The Bertz CT molecular complexity index is 745. The van der Waals surface area contributed by atoms with E-state index in [9.17, 15) is 9.67 Å². The first-order chi connectivity index (χ1) is 11.8. The molecule has 2 aromatic rings. The Morgan fingerprint density at radius 1 is 1.12 bits per heavy atom. The highest BCUT2D eigenvalue weighted by Crippen LogP contribution is 2.59. The van der Waals surface area contributed by atoms with Crippen LogP contribution < -0.4 is 10.2 Å². The lowest BCUT2D eigenvalue weighted by atomic mass is 10.2. The van der Waals surface area contributed by atoms with E-state index in [1.54, 1.807) is 30.3 Å². The fourth-order valence-corrected chi connectivity index (χ4v) is 5.36. The molecule has 0 saturated carbocycles. The number of nitrogens with zero attached hydrogens (tertiary/aromatic N) is 1. The Kier molecular flexibility index (Phi) is 6.95. The predicted octanol–water partition coefficient (Wildman–Crippen LogP) is 5.08. The van der Waals surface area contributed by atoms with Crippen molar-refractivity contribution in [2.45, 2.75) is 19.2 Å². The monoisotopic (exact) mass is 401 g/mol. The zero-order valence-corrected chi connectivity index (χ0v) is 16.9. The molecular weight excluding hydrogens is 380 g/mol. The number of benzene rings is 2. The van der Waals surface area contributed by atoms with E-state index >= 15 is 0 Å². The van der Waals surface area contributed by atoms with Crippen LogP contribution in [-0.4, -0.2) is 25.8 Å². The van der Waals surface area contributed by atoms with Crippen LogP contribution in [0, 0.1) is 0 Å². The van der Waals surface area contributed by atoms with Crippen molar-refractivity contribution < 1.29 is 14.2 Å². The highest BCUT2D eigenvalue weighted by Gasteiger charge is 2.38. The van der Waals surface area contributed by atoms with Crippen LogP contribution >= 0.6 is 30.6 Å². The maximum atomic E-state index is 13.7. The highest BCUT2D eigenvalue weighted by molar-refractivity contribution is 7.67. The molecule has 0 heterocycles. The number of hydrogen-bond acceptors (Lipinski definition) is 4. The van der Waals surface area contributed by atoms with Gasteiger partial charge in [-0.3, -0.25) is 4.57 Å². The summed E-state index contributed by atoms with van der Waals surface area (Å²) in [4.78, 5) is 1.93. The van der Waals surface area contributed by atoms with Crippen LogP contribution in [0.1, 0.15) is 24.8 Å². The van der Waals surface area contributed by atoms with E-state index in [1.165, 1.54) is 0 Å². The molecule has 2 rings (SSSR count). The van der Waals surface area contributed by atoms with Crippen molar-refractivity contribution in [1.29, 1.82) is 0 Å².